The molecular formula is C9H9NO2S. The molecule has 0 bridgehead atoms. The van der Waals surface area contributed by atoms with Crippen molar-refractivity contribution in [2.24, 2.45) is 0 Å². The molecule has 0 aromatic carbocycles. The minimum atomic E-state index is -0.490. The summed E-state index contributed by atoms with van der Waals surface area (Å²) in [6, 6.07) is 0. The molecule has 0 amide bonds. The van der Waals surface area contributed by atoms with Crippen molar-refractivity contribution in [1.29, 1.82) is 0 Å². The van der Waals surface area contributed by atoms with Gasteiger partial charge in [-0.05, 0) is 19.8 Å². The number of aryl methyl sites for hydroxylation is 1. The van der Waals surface area contributed by atoms with E-state index in [9.17, 15) is 4.79 Å². The molecule has 1 rings (SSSR count). The molecule has 1 aromatic rings. The number of carbonyl (C=O) groups excluding carboxylic acids is 1. The van der Waals surface area contributed by atoms with Crippen molar-refractivity contribution in [3.05, 3.63) is 16.1 Å². The Bertz CT molecular complexity index is 359. The van der Waals surface area contributed by atoms with Crippen LogP contribution in [0, 0.1) is 18.8 Å². The van der Waals surface area contributed by atoms with Crippen LogP contribution in [0.25, 0.3) is 0 Å². The maximum absolute atomic E-state index is 10.8. The number of thiazole rings is 1. The first-order chi connectivity index (χ1) is 6.24. The van der Waals surface area contributed by atoms with Crippen LogP contribution in [0.15, 0.2) is 5.51 Å². The van der Waals surface area contributed by atoms with Gasteiger partial charge < -0.3 is 4.74 Å². The fourth-order valence-corrected chi connectivity index (χ4v) is 1.35. The Morgan fingerprint density at radius 2 is 2.54 bits per heavy atom. The monoisotopic (exact) mass is 195 g/mol. The molecule has 1 heterocycles. The van der Waals surface area contributed by atoms with Crippen LogP contribution in [0.1, 0.15) is 17.5 Å². The lowest BCUT2D eigenvalue weighted by atomic mass is 10.4. The summed E-state index contributed by atoms with van der Waals surface area (Å²) in [5.74, 6) is 4.60. The fraction of sp³-hybridized carbons (Fsp3) is 0.333. The minimum absolute atomic E-state index is 0.356. The summed E-state index contributed by atoms with van der Waals surface area (Å²) in [4.78, 5) is 15.7. The zero-order valence-electron chi connectivity index (χ0n) is 7.46. The zero-order valence-corrected chi connectivity index (χ0v) is 8.27. The van der Waals surface area contributed by atoms with E-state index in [-0.39, 0.29) is 0 Å². The standard InChI is InChI=1S/C9H9NO2S/c1-3-12-9(11)5-4-8-7(2)10-6-13-8/h6H,3H2,1-2H3. The summed E-state index contributed by atoms with van der Waals surface area (Å²) in [5.41, 5.74) is 2.55. The molecule has 0 aliphatic carbocycles. The van der Waals surface area contributed by atoms with Gasteiger partial charge in [-0.25, -0.2) is 9.78 Å². The van der Waals surface area contributed by atoms with Crippen LogP contribution < -0.4 is 0 Å². The number of ether oxygens (including phenoxy) is 1. The first kappa shape index (κ1) is 9.75. The summed E-state index contributed by atoms with van der Waals surface area (Å²) < 4.78 is 4.65. The Balaban J connectivity index is 2.67. The number of rotatable bonds is 1. The second kappa shape index (κ2) is 4.63. The second-order valence-corrected chi connectivity index (χ2v) is 3.09. The Morgan fingerprint density at radius 3 is 3.08 bits per heavy atom. The average molecular weight is 195 g/mol. The third-order valence-electron chi connectivity index (χ3n) is 1.30. The van der Waals surface area contributed by atoms with Gasteiger partial charge in [0.05, 0.1) is 17.8 Å². The fourth-order valence-electron chi connectivity index (χ4n) is 0.697. The van der Waals surface area contributed by atoms with Gasteiger partial charge in [-0.1, -0.05) is 0 Å². The van der Waals surface area contributed by atoms with Gasteiger partial charge in [0.2, 0.25) is 0 Å². The first-order valence-electron chi connectivity index (χ1n) is 3.83. The SMILES string of the molecule is CCOC(=O)C#Cc1scnc1C. The van der Waals surface area contributed by atoms with E-state index in [2.05, 4.69) is 21.6 Å². The maximum Gasteiger partial charge on any atom is 0.384 e. The summed E-state index contributed by atoms with van der Waals surface area (Å²) in [5, 5.41) is 0. The lowest BCUT2D eigenvalue weighted by molar-refractivity contribution is -0.136. The predicted molar refractivity (Wildman–Crippen MR) is 50.4 cm³/mol. The quantitative estimate of drug-likeness (QED) is 0.502. The highest BCUT2D eigenvalue weighted by molar-refractivity contribution is 7.10. The molecule has 3 nitrogen and oxygen atoms in total. The van der Waals surface area contributed by atoms with Crippen molar-refractivity contribution in [2.45, 2.75) is 13.8 Å². The van der Waals surface area contributed by atoms with E-state index >= 15 is 0 Å². The van der Waals surface area contributed by atoms with Crippen molar-refractivity contribution in [3.8, 4) is 11.8 Å². The van der Waals surface area contributed by atoms with Crippen LogP contribution in [-0.2, 0) is 9.53 Å². The number of esters is 1. The van der Waals surface area contributed by atoms with Crippen molar-refractivity contribution >= 4 is 17.3 Å². The molecule has 0 atom stereocenters. The van der Waals surface area contributed by atoms with E-state index in [4.69, 9.17) is 0 Å². The van der Waals surface area contributed by atoms with E-state index in [1.807, 2.05) is 6.92 Å². The van der Waals surface area contributed by atoms with Crippen molar-refractivity contribution in [2.75, 3.05) is 6.61 Å². The third kappa shape index (κ3) is 2.88. The number of carbonyl (C=O) groups is 1. The molecule has 68 valence electrons. The normalized spacial score (nSPS) is 8.77. The lowest BCUT2D eigenvalue weighted by Crippen LogP contribution is -1.99. The Kier molecular flexibility index (Phi) is 3.47. The van der Waals surface area contributed by atoms with Crippen molar-refractivity contribution in [3.63, 3.8) is 0 Å². The Hall–Kier alpha value is -1.34. The molecule has 1 aromatic heterocycles. The van der Waals surface area contributed by atoms with Gasteiger partial charge in [-0.2, -0.15) is 0 Å². The molecule has 0 spiro atoms. The Labute approximate surface area is 80.8 Å². The molecule has 0 saturated carbocycles. The largest absolute Gasteiger partial charge is 0.456 e. The minimum Gasteiger partial charge on any atom is -0.456 e. The van der Waals surface area contributed by atoms with Crippen LogP contribution >= 0.6 is 11.3 Å². The smallest absolute Gasteiger partial charge is 0.384 e. The predicted octanol–water partition coefficient (Wildman–Crippen LogP) is 1.37. The van der Waals surface area contributed by atoms with E-state index in [0.29, 0.717) is 6.61 Å². The van der Waals surface area contributed by atoms with Crippen LogP contribution in [-0.4, -0.2) is 17.6 Å². The average Bonchev–Trinajstić information content (AvgIpc) is 2.48. The van der Waals surface area contributed by atoms with Gasteiger partial charge in [0.1, 0.15) is 4.88 Å². The molecular weight excluding hydrogens is 186 g/mol. The zero-order chi connectivity index (χ0) is 9.68. The maximum atomic E-state index is 10.8. The number of nitrogens with zero attached hydrogens (tertiary/aromatic N) is 1. The molecule has 0 aliphatic rings. The van der Waals surface area contributed by atoms with Gasteiger partial charge in [-0.15, -0.1) is 11.3 Å². The van der Waals surface area contributed by atoms with Gasteiger partial charge >= 0.3 is 5.97 Å². The highest BCUT2D eigenvalue weighted by atomic mass is 32.1. The van der Waals surface area contributed by atoms with Crippen molar-refractivity contribution < 1.29 is 9.53 Å². The van der Waals surface area contributed by atoms with Gasteiger partial charge in [0.25, 0.3) is 0 Å². The third-order valence-corrected chi connectivity index (χ3v) is 2.14. The molecule has 0 radical (unpaired) electrons. The molecule has 13 heavy (non-hydrogen) atoms. The summed E-state index contributed by atoms with van der Waals surface area (Å²) >= 11 is 1.42. The van der Waals surface area contributed by atoms with Crippen molar-refractivity contribution in [1.82, 2.24) is 4.98 Å². The topological polar surface area (TPSA) is 39.2 Å². The highest BCUT2D eigenvalue weighted by Crippen LogP contribution is 2.09. The van der Waals surface area contributed by atoms with Crippen LogP contribution in [0.3, 0.4) is 0 Å². The molecule has 0 saturated heterocycles. The first-order valence-corrected chi connectivity index (χ1v) is 4.71. The summed E-state index contributed by atoms with van der Waals surface area (Å²) in [7, 11) is 0. The lowest BCUT2D eigenvalue weighted by Gasteiger charge is -1.90. The van der Waals surface area contributed by atoms with E-state index in [1.165, 1.54) is 11.3 Å². The van der Waals surface area contributed by atoms with Gasteiger partial charge in [0.15, 0.2) is 0 Å². The Morgan fingerprint density at radius 1 is 1.77 bits per heavy atom. The van der Waals surface area contributed by atoms with Crippen LogP contribution in [0.2, 0.25) is 0 Å². The number of hydrogen-bond donors (Lipinski definition) is 0. The van der Waals surface area contributed by atoms with Crippen LogP contribution in [0.4, 0.5) is 0 Å². The highest BCUT2D eigenvalue weighted by Gasteiger charge is 1.97. The summed E-state index contributed by atoms with van der Waals surface area (Å²) in [6.07, 6.45) is 0. The molecule has 0 unspecified atom stereocenters. The van der Waals surface area contributed by atoms with E-state index in [1.54, 1.807) is 12.4 Å². The molecule has 0 fully saturated rings. The molecule has 4 heteroatoms. The molecule has 0 aliphatic heterocycles. The van der Waals surface area contributed by atoms with Gasteiger partial charge in [-0.3, -0.25) is 0 Å². The summed E-state index contributed by atoms with van der Waals surface area (Å²) in [6.45, 7) is 3.96. The van der Waals surface area contributed by atoms with Crippen LogP contribution in [0.5, 0.6) is 0 Å². The number of aromatic nitrogens is 1. The van der Waals surface area contributed by atoms with E-state index in [0.717, 1.165) is 10.6 Å². The van der Waals surface area contributed by atoms with E-state index < -0.39 is 5.97 Å². The number of hydrogen-bond acceptors (Lipinski definition) is 4. The second-order valence-electron chi connectivity index (χ2n) is 2.24. The molecule has 0 N–H and O–H groups in total. The van der Waals surface area contributed by atoms with Gasteiger partial charge in [0, 0.05) is 5.92 Å².